The van der Waals surface area contributed by atoms with Crippen LogP contribution in [0.5, 0.6) is 0 Å². The van der Waals surface area contributed by atoms with E-state index in [4.69, 9.17) is 0 Å². The van der Waals surface area contributed by atoms with Crippen molar-refractivity contribution in [2.45, 2.75) is 13.3 Å². The lowest BCUT2D eigenvalue weighted by molar-refractivity contribution is 0.627. The molecule has 0 bridgehead atoms. The van der Waals surface area contributed by atoms with Gasteiger partial charge in [-0.25, -0.2) is 19.3 Å². The predicted octanol–water partition coefficient (Wildman–Crippen LogP) is 3.77. The van der Waals surface area contributed by atoms with Gasteiger partial charge in [0.25, 0.3) is 0 Å². The number of rotatable bonds is 2. The van der Waals surface area contributed by atoms with E-state index in [0.717, 1.165) is 47.7 Å². The molecule has 24 heavy (non-hydrogen) atoms. The van der Waals surface area contributed by atoms with Gasteiger partial charge in [-0.2, -0.15) is 0 Å². The maximum Gasteiger partial charge on any atom is 0.164 e. The lowest BCUT2D eigenvalue weighted by Gasteiger charge is -2.28. The van der Waals surface area contributed by atoms with Gasteiger partial charge in [-0.05, 0) is 48.7 Å². The number of hydrogen-bond donors (Lipinski definition) is 0. The molecule has 0 aliphatic carbocycles. The fraction of sp³-hybridized carbons (Fsp3) is 0.211. The van der Waals surface area contributed by atoms with Gasteiger partial charge in [-0.15, -0.1) is 0 Å². The molecule has 0 radical (unpaired) electrons. The van der Waals surface area contributed by atoms with E-state index in [-0.39, 0.29) is 5.82 Å². The summed E-state index contributed by atoms with van der Waals surface area (Å²) in [6, 6.07) is 10.6. The summed E-state index contributed by atoms with van der Waals surface area (Å²) in [5.74, 6) is 1.46. The van der Waals surface area contributed by atoms with Crippen molar-refractivity contribution in [3.05, 3.63) is 65.9 Å². The van der Waals surface area contributed by atoms with Crippen molar-refractivity contribution in [1.82, 2.24) is 15.0 Å². The molecule has 0 fully saturated rings. The average Bonchev–Trinajstić information content (AvgIpc) is 2.62. The second-order valence-corrected chi connectivity index (χ2v) is 5.90. The van der Waals surface area contributed by atoms with Gasteiger partial charge in [0.2, 0.25) is 0 Å². The van der Waals surface area contributed by atoms with Gasteiger partial charge in [0.15, 0.2) is 5.65 Å². The highest BCUT2D eigenvalue weighted by Crippen LogP contribution is 2.28. The second-order valence-electron chi connectivity index (χ2n) is 5.90. The van der Waals surface area contributed by atoms with E-state index >= 15 is 0 Å². The Kier molecular flexibility index (Phi) is 3.69. The Bertz CT molecular complexity index is 918. The number of aromatic nitrogens is 3. The molecule has 0 unspecified atom stereocenters. The summed E-state index contributed by atoms with van der Waals surface area (Å²) in [4.78, 5) is 15.6. The minimum absolute atomic E-state index is 0.202. The molecule has 120 valence electrons. The van der Waals surface area contributed by atoms with Crippen molar-refractivity contribution in [3.8, 4) is 0 Å². The minimum Gasteiger partial charge on any atom is -0.352 e. The molecule has 5 heteroatoms. The summed E-state index contributed by atoms with van der Waals surface area (Å²) in [6.07, 6.45) is 4.84. The van der Waals surface area contributed by atoms with Crippen LogP contribution in [0.15, 0.2) is 48.7 Å². The summed E-state index contributed by atoms with van der Waals surface area (Å²) in [5, 5.41) is 0.974. The molecule has 3 heterocycles. The largest absolute Gasteiger partial charge is 0.352 e. The first-order valence-electron chi connectivity index (χ1n) is 8.00. The molecule has 0 N–H and O–H groups in total. The first kappa shape index (κ1) is 14.8. The number of nitrogens with zero attached hydrogens (tertiary/aromatic N) is 4. The molecule has 4 nitrogen and oxygen atoms in total. The van der Waals surface area contributed by atoms with Gasteiger partial charge < -0.3 is 4.90 Å². The summed E-state index contributed by atoms with van der Waals surface area (Å²) in [6.45, 7) is 3.53. The zero-order valence-electron chi connectivity index (χ0n) is 13.4. The first-order valence-corrected chi connectivity index (χ1v) is 8.00. The Morgan fingerprint density at radius 1 is 1.08 bits per heavy atom. The molecular formula is C19H17FN4. The van der Waals surface area contributed by atoms with Gasteiger partial charge in [-0.1, -0.05) is 18.2 Å². The predicted molar refractivity (Wildman–Crippen MR) is 93.3 cm³/mol. The van der Waals surface area contributed by atoms with Crippen molar-refractivity contribution >= 4 is 22.4 Å². The van der Waals surface area contributed by atoms with E-state index in [1.807, 2.05) is 31.2 Å². The zero-order valence-corrected chi connectivity index (χ0v) is 13.4. The van der Waals surface area contributed by atoms with Crippen LogP contribution < -0.4 is 4.90 Å². The standard InChI is InChI=1S/C19H17FN4/c1-13-22-18-17(3-2-10-21-18)19(23-13)24-11-8-15(9-12-24)14-4-6-16(20)7-5-14/h2-8,10H,9,11-12H2,1H3. The molecule has 4 rings (SSSR count). The monoisotopic (exact) mass is 320 g/mol. The molecule has 0 spiro atoms. The molecule has 1 aromatic carbocycles. The van der Waals surface area contributed by atoms with Crippen molar-refractivity contribution in [2.24, 2.45) is 0 Å². The quantitative estimate of drug-likeness (QED) is 0.721. The van der Waals surface area contributed by atoms with Gasteiger partial charge >= 0.3 is 0 Å². The normalized spacial score (nSPS) is 14.8. The SMILES string of the molecule is Cc1nc(N2CC=C(c3ccc(F)cc3)CC2)c2cccnc2n1. The minimum atomic E-state index is -0.202. The number of fused-ring (bicyclic) bond motifs is 1. The lowest BCUT2D eigenvalue weighted by Crippen LogP contribution is -2.29. The molecule has 1 aliphatic rings. The van der Waals surface area contributed by atoms with Crippen molar-refractivity contribution in [3.63, 3.8) is 0 Å². The fourth-order valence-corrected chi connectivity index (χ4v) is 3.08. The van der Waals surface area contributed by atoms with Crippen molar-refractivity contribution in [2.75, 3.05) is 18.0 Å². The summed E-state index contributed by atoms with van der Waals surface area (Å²) >= 11 is 0. The van der Waals surface area contributed by atoms with Crippen molar-refractivity contribution < 1.29 is 4.39 Å². The van der Waals surface area contributed by atoms with E-state index in [2.05, 4.69) is 25.9 Å². The molecule has 3 aromatic rings. The number of benzene rings is 1. The maximum absolute atomic E-state index is 13.1. The summed E-state index contributed by atoms with van der Waals surface area (Å²) in [5.41, 5.74) is 3.06. The van der Waals surface area contributed by atoms with E-state index in [9.17, 15) is 4.39 Å². The number of anilines is 1. The lowest BCUT2D eigenvalue weighted by atomic mass is 9.99. The molecule has 1 aliphatic heterocycles. The number of pyridine rings is 1. The third-order valence-corrected chi connectivity index (χ3v) is 4.29. The number of halogens is 1. The Hall–Kier alpha value is -2.82. The van der Waals surface area contributed by atoms with E-state index in [0.29, 0.717) is 0 Å². The van der Waals surface area contributed by atoms with Crippen LogP contribution in [0.2, 0.25) is 0 Å². The van der Waals surface area contributed by atoms with Crippen LogP contribution in [0.25, 0.3) is 16.6 Å². The van der Waals surface area contributed by atoms with Crippen LogP contribution in [0.3, 0.4) is 0 Å². The van der Waals surface area contributed by atoms with Crippen LogP contribution in [0.4, 0.5) is 10.2 Å². The fourth-order valence-electron chi connectivity index (χ4n) is 3.08. The molecule has 2 aromatic heterocycles. The Labute approximate surface area is 139 Å². The molecule has 0 saturated heterocycles. The van der Waals surface area contributed by atoms with Crippen molar-refractivity contribution in [1.29, 1.82) is 0 Å². The van der Waals surface area contributed by atoms with E-state index in [1.165, 1.54) is 17.7 Å². The number of aryl methyl sites for hydroxylation is 1. The van der Waals surface area contributed by atoms with Crippen LogP contribution in [0.1, 0.15) is 17.8 Å². The maximum atomic E-state index is 13.1. The highest BCUT2D eigenvalue weighted by molar-refractivity contribution is 5.87. The highest BCUT2D eigenvalue weighted by Gasteiger charge is 2.18. The topological polar surface area (TPSA) is 41.9 Å². The highest BCUT2D eigenvalue weighted by atomic mass is 19.1. The number of hydrogen-bond acceptors (Lipinski definition) is 4. The smallest absolute Gasteiger partial charge is 0.164 e. The Morgan fingerprint density at radius 3 is 2.67 bits per heavy atom. The van der Waals surface area contributed by atoms with Gasteiger partial charge in [0, 0.05) is 19.3 Å². The van der Waals surface area contributed by atoms with E-state index < -0.39 is 0 Å². The van der Waals surface area contributed by atoms with E-state index in [1.54, 1.807) is 6.20 Å². The molecule has 0 amide bonds. The van der Waals surface area contributed by atoms with Crippen LogP contribution in [-0.4, -0.2) is 28.0 Å². The van der Waals surface area contributed by atoms with Crippen LogP contribution in [-0.2, 0) is 0 Å². The Morgan fingerprint density at radius 2 is 1.92 bits per heavy atom. The Balaban J connectivity index is 1.65. The third kappa shape index (κ3) is 2.73. The molecule has 0 atom stereocenters. The van der Waals surface area contributed by atoms with Gasteiger partial charge in [0.05, 0.1) is 5.39 Å². The van der Waals surface area contributed by atoms with Gasteiger partial charge in [0.1, 0.15) is 17.5 Å². The average molecular weight is 320 g/mol. The van der Waals surface area contributed by atoms with Crippen LogP contribution in [0, 0.1) is 12.7 Å². The molecule has 0 saturated carbocycles. The van der Waals surface area contributed by atoms with Crippen LogP contribution >= 0.6 is 0 Å². The summed E-state index contributed by atoms with van der Waals surface area (Å²) in [7, 11) is 0. The first-order chi connectivity index (χ1) is 11.7. The zero-order chi connectivity index (χ0) is 16.5. The summed E-state index contributed by atoms with van der Waals surface area (Å²) < 4.78 is 13.1. The second kappa shape index (κ2) is 6.00. The van der Waals surface area contributed by atoms with Gasteiger partial charge in [-0.3, -0.25) is 0 Å². The third-order valence-electron chi connectivity index (χ3n) is 4.29. The molecular weight excluding hydrogens is 303 g/mol.